The number of carbonyl (C=O) groups is 3. The van der Waals surface area contributed by atoms with Gasteiger partial charge in [0.2, 0.25) is 17.7 Å². The van der Waals surface area contributed by atoms with Crippen molar-refractivity contribution in [1.82, 2.24) is 4.90 Å². The maximum atomic E-state index is 12.7. The van der Waals surface area contributed by atoms with Crippen molar-refractivity contribution in [2.24, 2.45) is 23.7 Å². The molecular formula is C20H22N2O3. The fraction of sp³-hybridized carbons (Fsp3) is 0.450. The molecular weight excluding hydrogens is 316 g/mol. The molecule has 0 unspecified atom stereocenters. The molecule has 3 amide bonds. The molecule has 1 heterocycles. The Labute approximate surface area is 147 Å². The normalized spacial score (nSPS) is 29.9. The molecule has 4 aliphatic rings. The highest BCUT2D eigenvalue weighted by Gasteiger charge is 2.56. The number of rotatable bonds is 4. The Morgan fingerprint density at radius 2 is 1.60 bits per heavy atom. The minimum Gasteiger partial charge on any atom is -0.326 e. The third kappa shape index (κ3) is 2.77. The van der Waals surface area contributed by atoms with Gasteiger partial charge in [-0.3, -0.25) is 19.3 Å². The van der Waals surface area contributed by atoms with Gasteiger partial charge in [-0.1, -0.05) is 29.8 Å². The van der Waals surface area contributed by atoms with Crippen LogP contribution in [0.3, 0.4) is 0 Å². The summed E-state index contributed by atoms with van der Waals surface area (Å²) in [6, 6.07) is 7.54. The Morgan fingerprint density at radius 3 is 2.12 bits per heavy atom. The summed E-state index contributed by atoms with van der Waals surface area (Å²) in [5.74, 6) is -0.363. The van der Waals surface area contributed by atoms with Crippen LogP contribution in [0.1, 0.15) is 24.8 Å². The fourth-order valence-electron chi connectivity index (χ4n) is 4.43. The van der Waals surface area contributed by atoms with Crippen molar-refractivity contribution in [3.63, 3.8) is 0 Å². The van der Waals surface area contributed by atoms with Crippen LogP contribution in [0.5, 0.6) is 0 Å². The number of nitrogens with one attached hydrogen (secondary N) is 1. The SMILES string of the molecule is Cc1ccc(NC(=O)CCN2C(=O)[C@@H]3[C@H](C2=O)[C@H]2C=C[C@H]3CC2)cc1. The van der Waals surface area contributed by atoms with Gasteiger partial charge in [-0.25, -0.2) is 0 Å². The van der Waals surface area contributed by atoms with Gasteiger partial charge in [0.1, 0.15) is 0 Å². The lowest BCUT2D eigenvalue weighted by Gasteiger charge is -2.38. The highest BCUT2D eigenvalue weighted by molar-refractivity contribution is 6.06. The van der Waals surface area contributed by atoms with E-state index in [1.807, 2.05) is 31.2 Å². The van der Waals surface area contributed by atoms with Gasteiger partial charge < -0.3 is 5.32 Å². The molecule has 1 aliphatic heterocycles. The van der Waals surface area contributed by atoms with Crippen molar-refractivity contribution in [2.45, 2.75) is 26.2 Å². The van der Waals surface area contributed by atoms with Crippen LogP contribution in [-0.4, -0.2) is 29.2 Å². The molecule has 130 valence electrons. The minimum atomic E-state index is -0.198. The molecule has 1 saturated heterocycles. The van der Waals surface area contributed by atoms with Crippen molar-refractivity contribution in [3.05, 3.63) is 42.0 Å². The Bertz CT molecular complexity index is 721. The number of hydrogen-bond donors (Lipinski definition) is 1. The monoisotopic (exact) mass is 338 g/mol. The van der Waals surface area contributed by atoms with Gasteiger partial charge in [-0.05, 0) is 43.7 Å². The number of fused-ring (bicyclic) bond motifs is 1. The first-order chi connectivity index (χ1) is 12.0. The van der Waals surface area contributed by atoms with E-state index < -0.39 is 0 Å². The number of imide groups is 1. The third-order valence-corrected chi connectivity index (χ3v) is 5.75. The highest BCUT2D eigenvalue weighted by Crippen LogP contribution is 2.49. The van der Waals surface area contributed by atoms with Gasteiger partial charge in [-0.15, -0.1) is 0 Å². The molecule has 25 heavy (non-hydrogen) atoms. The minimum absolute atomic E-state index is 0.0859. The number of aryl methyl sites for hydroxylation is 1. The molecule has 0 aromatic heterocycles. The Hall–Kier alpha value is -2.43. The topological polar surface area (TPSA) is 66.5 Å². The van der Waals surface area contributed by atoms with Crippen molar-refractivity contribution >= 4 is 23.4 Å². The number of likely N-dealkylation sites (tertiary alicyclic amines) is 1. The van der Waals surface area contributed by atoms with E-state index >= 15 is 0 Å². The molecule has 5 rings (SSSR count). The van der Waals surface area contributed by atoms with Crippen molar-refractivity contribution in [3.8, 4) is 0 Å². The van der Waals surface area contributed by atoms with Crippen LogP contribution in [0.25, 0.3) is 0 Å². The summed E-state index contributed by atoms with van der Waals surface area (Å²) in [5, 5.41) is 2.81. The zero-order valence-electron chi connectivity index (χ0n) is 14.3. The van der Waals surface area contributed by atoms with Crippen molar-refractivity contribution < 1.29 is 14.4 Å². The third-order valence-electron chi connectivity index (χ3n) is 5.75. The van der Waals surface area contributed by atoms with Crippen LogP contribution in [0.2, 0.25) is 0 Å². The lowest BCUT2D eigenvalue weighted by atomic mass is 9.63. The lowest BCUT2D eigenvalue weighted by molar-refractivity contribution is -0.140. The van der Waals surface area contributed by atoms with E-state index in [2.05, 4.69) is 17.5 Å². The molecule has 1 saturated carbocycles. The fourth-order valence-corrected chi connectivity index (χ4v) is 4.43. The second-order valence-electron chi connectivity index (χ2n) is 7.33. The summed E-state index contributed by atoms with van der Waals surface area (Å²) in [4.78, 5) is 38.8. The lowest BCUT2D eigenvalue weighted by Crippen LogP contribution is -2.38. The van der Waals surface area contributed by atoms with Crippen LogP contribution < -0.4 is 5.32 Å². The van der Waals surface area contributed by atoms with E-state index in [0.29, 0.717) is 0 Å². The maximum absolute atomic E-state index is 12.7. The molecule has 4 atom stereocenters. The largest absolute Gasteiger partial charge is 0.326 e. The van der Waals surface area contributed by atoms with Gasteiger partial charge >= 0.3 is 0 Å². The smallest absolute Gasteiger partial charge is 0.233 e. The summed E-state index contributed by atoms with van der Waals surface area (Å²) >= 11 is 0. The predicted octanol–water partition coefficient (Wildman–Crippen LogP) is 2.52. The molecule has 5 nitrogen and oxygen atoms in total. The Morgan fingerprint density at radius 1 is 1.04 bits per heavy atom. The number of carbonyl (C=O) groups excluding carboxylic acids is 3. The Kier molecular flexibility index (Phi) is 3.94. The van der Waals surface area contributed by atoms with Crippen LogP contribution >= 0.6 is 0 Å². The number of benzene rings is 1. The predicted molar refractivity (Wildman–Crippen MR) is 93.5 cm³/mol. The zero-order valence-corrected chi connectivity index (χ0v) is 14.3. The molecule has 1 aromatic carbocycles. The summed E-state index contributed by atoms with van der Waals surface area (Å²) in [7, 11) is 0. The number of anilines is 1. The summed E-state index contributed by atoms with van der Waals surface area (Å²) in [6.07, 6.45) is 6.32. The molecule has 2 bridgehead atoms. The average Bonchev–Trinajstić information content (AvgIpc) is 2.89. The first-order valence-electron chi connectivity index (χ1n) is 8.94. The Balaban J connectivity index is 1.38. The average molecular weight is 338 g/mol. The van der Waals surface area contributed by atoms with Crippen LogP contribution in [0.4, 0.5) is 5.69 Å². The zero-order chi connectivity index (χ0) is 17.6. The summed E-state index contributed by atoms with van der Waals surface area (Å²) in [5.41, 5.74) is 1.85. The standard InChI is InChI=1S/C20H22N2O3/c1-12-2-8-15(9-3-12)21-16(23)10-11-22-19(24)17-13-4-5-14(7-6-13)18(17)20(22)25/h2-5,8-9,13-14,17-18H,6-7,10-11H2,1H3,(H,21,23)/t13-,14-,17-,18+/m0/s1. The quantitative estimate of drug-likeness (QED) is 0.678. The van der Waals surface area contributed by atoms with Crippen LogP contribution in [-0.2, 0) is 14.4 Å². The van der Waals surface area contributed by atoms with Crippen molar-refractivity contribution in [2.75, 3.05) is 11.9 Å². The second-order valence-corrected chi connectivity index (χ2v) is 7.33. The number of hydrogen-bond acceptors (Lipinski definition) is 3. The molecule has 0 spiro atoms. The van der Waals surface area contributed by atoms with Gasteiger partial charge in [0, 0.05) is 18.7 Å². The second kappa shape index (κ2) is 6.14. The molecule has 1 aromatic rings. The maximum Gasteiger partial charge on any atom is 0.233 e. The first-order valence-corrected chi connectivity index (χ1v) is 8.94. The van der Waals surface area contributed by atoms with E-state index in [1.54, 1.807) is 0 Å². The van der Waals surface area contributed by atoms with E-state index in [1.165, 1.54) is 4.90 Å². The van der Waals surface area contributed by atoms with Gasteiger partial charge in [0.15, 0.2) is 0 Å². The molecule has 0 radical (unpaired) electrons. The van der Waals surface area contributed by atoms with E-state index in [-0.39, 0.29) is 54.4 Å². The number of nitrogens with zero attached hydrogens (tertiary/aromatic N) is 1. The molecule has 1 N–H and O–H groups in total. The number of allylic oxidation sites excluding steroid dienone is 2. The van der Waals surface area contributed by atoms with E-state index in [9.17, 15) is 14.4 Å². The molecule has 3 aliphatic carbocycles. The first kappa shape index (κ1) is 16.1. The van der Waals surface area contributed by atoms with E-state index in [4.69, 9.17) is 0 Å². The number of amides is 3. The van der Waals surface area contributed by atoms with Gasteiger partial charge in [-0.2, -0.15) is 0 Å². The van der Waals surface area contributed by atoms with Crippen molar-refractivity contribution in [1.29, 1.82) is 0 Å². The van der Waals surface area contributed by atoms with Gasteiger partial charge in [0.05, 0.1) is 11.8 Å². The molecule has 2 fully saturated rings. The summed E-state index contributed by atoms with van der Waals surface area (Å²) < 4.78 is 0. The van der Waals surface area contributed by atoms with Crippen LogP contribution in [0.15, 0.2) is 36.4 Å². The molecule has 5 heteroatoms. The van der Waals surface area contributed by atoms with Gasteiger partial charge in [0.25, 0.3) is 0 Å². The highest BCUT2D eigenvalue weighted by atomic mass is 16.2. The summed E-state index contributed by atoms with van der Waals surface area (Å²) in [6.45, 7) is 2.15. The van der Waals surface area contributed by atoms with E-state index in [0.717, 1.165) is 24.1 Å². The van der Waals surface area contributed by atoms with Crippen LogP contribution in [0, 0.1) is 30.6 Å².